The molecule has 0 aliphatic rings. The van der Waals surface area contributed by atoms with E-state index < -0.39 is 0 Å². The largest absolute Gasteiger partial charge is 0.383 e. The number of rotatable bonds is 4. The van der Waals surface area contributed by atoms with Crippen LogP contribution in [-0.2, 0) is 4.79 Å². The van der Waals surface area contributed by atoms with Crippen LogP contribution in [0.5, 0.6) is 0 Å². The standard InChI is InChI=1S/C12H12ClN3O/c13-9-3-4-10(15-7-5-11(14)17)12-8(9)2-1-6-16-12/h1-4,6,15H,5,7H2,(H2,14,17). The first-order valence-electron chi connectivity index (χ1n) is 5.24. The van der Waals surface area contributed by atoms with Gasteiger partial charge in [0.1, 0.15) is 0 Å². The Bertz CT molecular complexity index is 556. The van der Waals surface area contributed by atoms with E-state index >= 15 is 0 Å². The van der Waals surface area contributed by atoms with Gasteiger partial charge in [0.2, 0.25) is 5.91 Å². The first-order chi connectivity index (χ1) is 8.18. The minimum absolute atomic E-state index is 0.289. The lowest BCUT2D eigenvalue weighted by Crippen LogP contribution is -2.16. The van der Waals surface area contributed by atoms with E-state index in [9.17, 15) is 4.79 Å². The number of fused-ring (bicyclic) bond motifs is 1. The second-order valence-electron chi connectivity index (χ2n) is 3.64. The Morgan fingerprint density at radius 3 is 3.00 bits per heavy atom. The normalized spacial score (nSPS) is 10.4. The van der Waals surface area contributed by atoms with Gasteiger partial charge in [0.25, 0.3) is 0 Å². The molecule has 2 rings (SSSR count). The average molecular weight is 250 g/mol. The van der Waals surface area contributed by atoms with Gasteiger partial charge in [-0.3, -0.25) is 9.78 Å². The summed E-state index contributed by atoms with van der Waals surface area (Å²) < 4.78 is 0. The molecule has 2 aromatic rings. The maximum absolute atomic E-state index is 10.7. The van der Waals surface area contributed by atoms with Crippen molar-refractivity contribution in [1.29, 1.82) is 0 Å². The van der Waals surface area contributed by atoms with Crippen molar-refractivity contribution in [2.75, 3.05) is 11.9 Å². The van der Waals surface area contributed by atoms with Gasteiger partial charge in [-0.15, -0.1) is 0 Å². The molecule has 0 radical (unpaired) electrons. The van der Waals surface area contributed by atoms with Gasteiger partial charge in [0.05, 0.1) is 16.2 Å². The Morgan fingerprint density at radius 1 is 1.41 bits per heavy atom. The predicted molar refractivity (Wildman–Crippen MR) is 69.1 cm³/mol. The summed E-state index contributed by atoms with van der Waals surface area (Å²) in [5, 5.41) is 4.67. The smallest absolute Gasteiger partial charge is 0.219 e. The van der Waals surface area contributed by atoms with E-state index in [0.29, 0.717) is 11.6 Å². The average Bonchev–Trinajstić information content (AvgIpc) is 2.32. The minimum Gasteiger partial charge on any atom is -0.383 e. The van der Waals surface area contributed by atoms with Gasteiger partial charge >= 0.3 is 0 Å². The molecule has 0 atom stereocenters. The minimum atomic E-state index is -0.330. The van der Waals surface area contributed by atoms with Crippen molar-refractivity contribution in [1.82, 2.24) is 4.98 Å². The highest BCUT2D eigenvalue weighted by Crippen LogP contribution is 2.27. The molecule has 0 saturated carbocycles. The quantitative estimate of drug-likeness (QED) is 0.873. The Labute approximate surface area is 104 Å². The molecule has 1 aromatic carbocycles. The van der Waals surface area contributed by atoms with Crippen molar-refractivity contribution < 1.29 is 4.79 Å². The van der Waals surface area contributed by atoms with Gasteiger partial charge in [0, 0.05) is 24.5 Å². The summed E-state index contributed by atoms with van der Waals surface area (Å²) in [6, 6.07) is 7.39. The number of hydrogen-bond donors (Lipinski definition) is 2. The monoisotopic (exact) mass is 249 g/mol. The van der Waals surface area contributed by atoms with E-state index in [0.717, 1.165) is 16.6 Å². The van der Waals surface area contributed by atoms with Gasteiger partial charge in [-0.1, -0.05) is 11.6 Å². The molecule has 0 unspecified atom stereocenters. The summed E-state index contributed by atoms with van der Waals surface area (Å²) in [4.78, 5) is 14.9. The number of amides is 1. The summed E-state index contributed by atoms with van der Waals surface area (Å²) >= 11 is 6.07. The number of nitrogens with one attached hydrogen (secondary N) is 1. The predicted octanol–water partition coefficient (Wildman–Crippen LogP) is 2.18. The first-order valence-corrected chi connectivity index (χ1v) is 5.61. The zero-order valence-electron chi connectivity index (χ0n) is 9.11. The van der Waals surface area contributed by atoms with Gasteiger partial charge in [0.15, 0.2) is 0 Å². The number of halogens is 1. The number of nitrogens with two attached hydrogens (primary N) is 1. The molecule has 5 heteroatoms. The van der Waals surface area contributed by atoms with E-state index in [1.807, 2.05) is 18.2 Å². The summed E-state index contributed by atoms with van der Waals surface area (Å²) in [6.07, 6.45) is 1.99. The Hall–Kier alpha value is -1.81. The highest BCUT2D eigenvalue weighted by atomic mass is 35.5. The number of primary amides is 1. The maximum atomic E-state index is 10.7. The van der Waals surface area contributed by atoms with Gasteiger partial charge in [-0.2, -0.15) is 0 Å². The molecule has 0 aliphatic carbocycles. The first kappa shape index (κ1) is 11.7. The molecule has 0 bridgehead atoms. The third-order valence-electron chi connectivity index (χ3n) is 2.40. The van der Waals surface area contributed by atoms with E-state index in [2.05, 4.69) is 10.3 Å². The van der Waals surface area contributed by atoms with Crippen LogP contribution in [0.15, 0.2) is 30.5 Å². The fraction of sp³-hybridized carbons (Fsp3) is 0.167. The van der Waals surface area contributed by atoms with Crippen molar-refractivity contribution in [3.05, 3.63) is 35.5 Å². The highest BCUT2D eigenvalue weighted by Gasteiger charge is 2.05. The third-order valence-corrected chi connectivity index (χ3v) is 2.73. The molecule has 0 aliphatic heterocycles. The molecular weight excluding hydrogens is 238 g/mol. The van der Waals surface area contributed by atoms with Crippen LogP contribution in [-0.4, -0.2) is 17.4 Å². The molecular formula is C12H12ClN3O. The molecule has 4 nitrogen and oxygen atoms in total. The molecule has 88 valence electrons. The van der Waals surface area contributed by atoms with Gasteiger partial charge in [-0.25, -0.2) is 0 Å². The summed E-state index contributed by atoms with van der Waals surface area (Å²) in [5.74, 6) is -0.330. The van der Waals surface area contributed by atoms with Crippen LogP contribution in [0, 0.1) is 0 Å². The van der Waals surface area contributed by atoms with Crippen LogP contribution in [0.1, 0.15) is 6.42 Å². The molecule has 0 spiro atoms. The van der Waals surface area contributed by atoms with E-state index in [-0.39, 0.29) is 12.3 Å². The number of anilines is 1. The number of nitrogens with zero attached hydrogens (tertiary/aromatic N) is 1. The van der Waals surface area contributed by atoms with Gasteiger partial charge < -0.3 is 11.1 Å². The molecule has 1 heterocycles. The van der Waals surface area contributed by atoms with Crippen LogP contribution in [0.4, 0.5) is 5.69 Å². The molecule has 1 aromatic heterocycles. The Kier molecular flexibility index (Phi) is 3.44. The molecule has 3 N–H and O–H groups in total. The fourth-order valence-electron chi connectivity index (χ4n) is 1.60. The zero-order valence-corrected chi connectivity index (χ0v) is 9.87. The van der Waals surface area contributed by atoms with E-state index in [1.54, 1.807) is 12.3 Å². The van der Waals surface area contributed by atoms with Crippen molar-refractivity contribution in [2.24, 2.45) is 5.73 Å². The van der Waals surface area contributed by atoms with Crippen molar-refractivity contribution in [2.45, 2.75) is 6.42 Å². The molecule has 1 amide bonds. The van der Waals surface area contributed by atoms with E-state index in [1.165, 1.54) is 0 Å². The Balaban J connectivity index is 2.28. The maximum Gasteiger partial charge on any atom is 0.219 e. The topological polar surface area (TPSA) is 68.0 Å². The molecule has 0 fully saturated rings. The van der Waals surface area contributed by atoms with Crippen LogP contribution in [0.25, 0.3) is 10.9 Å². The van der Waals surface area contributed by atoms with Crippen LogP contribution < -0.4 is 11.1 Å². The van der Waals surface area contributed by atoms with E-state index in [4.69, 9.17) is 17.3 Å². The summed E-state index contributed by atoms with van der Waals surface area (Å²) in [7, 11) is 0. The van der Waals surface area contributed by atoms with Crippen LogP contribution >= 0.6 is 11.6 Å². The number of aromatic nitrogens is 1. The number of carbonyl (C=O) groups excluding carboxylic acids is 1. The number of hydrogen-bond acceptors (Lipinski definition) is 3. The lowest BCUT2D eigenvalue weighted by Gasteiger charge is -2.08. The van der Waals surface area contributed by atoms with Gasteiger partial charge in [-0.05, 0) is 24.3 Å². The Morgan fingerprint density at radius 2 is 2.24 bits per heavy atom. The highest BCUT2D eigenvalue weighted by molar-refractivity contribution is 6.35. The lowest BCUT2D eigenvalue weighted by atomic mass is 10.2. The van der Waals surface area contributed by atoms with Crippen molar-refractivity contribution >= 4 is 34.1 Å². The second kappa shape index (κ2) is 5.01. The summed E-state index contributed by atoms with van der Waals surface area (Å²) in [6.45, 7) is 0.489. The van der Waals surface area contributed by atoms with Crippen molar-refractivity contribution in [3.63, 3.8) is 0 Å². The second-order valence-corrected chi connectivity index (χ2v) is 4.04. The van der Waals surface area contributed by atoms with Crippen molar-refractivity contribution in [3.8, 4) is 0 Å². The third kappa shape index (κ3) is 2.65. The molecule has 0 saturated heterocycles. The van der Waals surface area contributed by atoms with Crippen LogP contribution in [0.3, 0.4) is 0 Å². The van der Waals surface area contributed by atoms with Crippen LogP contribution in [0.2, 0.25) is 5.02 Å². The lowest BCUT2D eigenvalue weighted by molar-refractivity contribution is -0.117. The molecule has 17 heavy (non-hydrogen) atoms. The fourth-order valence-corrected chi connectivity index (χ4v) is 1.82. The number of carbonyl (C=O) groups is 1. The SMILES string of the molecule is NC(=O)CCNc1ccc(Cl)c2cccnc12. The number of pyridine rings is 1. The number of benzene rings is 1. The summed E-state index contributed by atoms with van der Waals surface area (Å²) in [5.41, 5.74) is 6.73. The zero-order chi connectivity index (χ0) is 12.3.